The van der Waals surface area contributed by atoms with Gasteiger partial charge in [-0.2, -0.15) is 0 Å². The molecule has 7 nitrogen and oxygen atoms in total. The molecular weight excluding hydrogens is 466 g/mol. The van der Waals surface area contributed by atoms with Gasteiger partial charge in [-0.05, 0) is 34.9 Å². The monoisotopic (exact) mass is 499 g/mol. The van der Waals surface area contributed by atoms with Crippen LogP contribution in [0.1, 0.15) is 29.7 Å². The van der Waals surface area contributed by atoms with Crippen molar-refractivity contribution in [3.05, 3.63) is 101 Å². The molecule has 1 aliphatic heterocycles. The molecule has 0 aromatic heterocycles. The van der Waals surface area contributed by atoms with Crippen LogP contribution in [0.15, 0.2) is 84.6 Å². The molecule has 0 bridgehead atoms. The summed E-state index contributed by atoms with van der Waals surface area (Å²) in [5.41, 5.74) is 3.40. The van der Waals surface area contributed by atoms with Gasteiger partial charge < -0.3 is 19.7 Å². The highest BCUT2D eigenvalue weighted by atomic mass is 16.5. The van der Waals surface area contributed by atoms with Crippen LogP contribution >= 0.6 is 0 Å². The summed E-state index contributed by atoms with van der Waals surface area (Å²) < 4.78 is 10.7. The molecule has 1 saturated heterocycles. The topological polar surface area (TPSA) is 71.1 Å². The zero-order valence-corrected chi connectivity index (χ0v) is 21.5. The fourth-order valence-electron chi connectivity index (χ4n) is 4.69. The summed E-state index contributed by atoms with van der Waals surface area (Å²) in [4.78, 5) is 29.6. The smallest absolute Gasteiger partial charge is 0.270 e. The highest BCUT2D eigenvalue weighted by Crippen LogP contribution is 2.30. The van der Waals surface area contributed by atoms with Crippen molar-refractivity contribution in [2.75, 3.05) is 40.4 Å². The van der Waals surface area contributed by atoms with E-state index in [1.807, 2.05) is 18.2 Å². The van der Waals surface area contributed by atoms with Crippen LogP contribution in [-0.4, -0.2) is 62.0 Å². The Hall–Kier alpha value is -4.10. The van der Waals surface area contributed by atoms with Crippen LogP contribution < -0.4 is 14.8 Å². The maximum atomic E-state index is 13.5. The summed E-state index contributed by atoms with van der Waals surface area (Å²) in [5, 5.41) is 2.72. The maximum absolute atomic E-state index is 13.5. The average Bonchev–Trinajstić information content (AvgIpc) is 2.93. The van der Waals surface area contributed by atoms with Crippen LogP contribution in [0, 0.1) is 0 Å². The lowest BCUT2D eigenvalue weighted by molar-refractivity contribution is -0.131. The Morgan fingerprint density at radius 3 is 1.89 bits per heavy atom. The minimum atomic E-state index is -0.299. The second-order valence-corrected chi connectivity index (χ2v) is 8.91. The van der Waals surface area contributed by atoms with E-state index in [-0.39, 0.29) is 23.6 Å². The van der Waals surface area contributed by atoms with Crippen molar-refractivity contribution < 1.29 is 19.1 Å². The molecule has 3 aromatic carbocycles. The van der Waals surface area contributed by atoms with E-state index in [0.717, 1.165) is 5.56 Å². The van der Waals surface area contributed by atoms with E-state index in [1.165, 1.54) is 18.1 Å². The summed E-state index contributed by atoms with van der Waals surface area (Å²) >= 11 is 0. The first-order valence-electron chi connectivity index (χ1n) is 12.3. The van der Waals surface area contributed by atoms with Crippen LogP contribution in [0.4, 0.5) is 0 Å². The molecule has 7 heteroatoms. The van der Waals surface area contributed by atoms with E-state index in [9.17, 15) is 9.59 Å². The first-order valence-corrected chi connectivity index (χ1v) is 12.3. The van der Waals surface area contributed by atoms with E-state index in [4.69, 9.17) is 9.47 Å². The van der Waals surface area contributed by atoms with Crippen molar-refractivity contribution in [1.29, 1.82) is 0 Å². The van der Waals surface area contributed by atoms with Crippen LogP contribution in [0.2, 0.25) is 0 Å². The predicted molar refractivity (Wildman–Crippen MR) is 144 cm³/mol. The lowest BCUT2D eigenvalue weighted by Gasteiger charge is -2.40. The van der Waals surface area contributed by atoms with E-state index < -0.39 is 0 Å². The summed E-state index contributed by atoms with van der Waals surface area (Å²) in [6, 6.07) is 26.4. The number of rotatable bonds is 8. The molecule has 1 N–H and O–H groups in total. The Morgan fingerprint density at radius 2 is 1.38 bits per heavy atom. The predicted octanol–water partition coefficient (Wildman–Crippen LogP) is 4.11. The quantitative estimate of drug-likeness (QED) is 0.473. The van der Waals surface area contributed by atoms with Crippen LogP contribution in [0.25, 0.3) is 6.08 Å². The number of ether oxygens (including phenoxy) is 2. The van der Waals surface area contributed by atoms with E-state index >= 15 is 0 Å². The second kappa shape index (κ2) is 12.2. The van der Waals surface area contributed by atoms with Gasteiger partial charge >= 0.3 is 0 Å². The third kappa shape index (κ3) is 6.37. The largest absolute Gasteiger partial charge is 0.493 e. The number of methoxy groups -OCH3 is 2. The van der Waals surface area contributed by atoms with Gasteiger partial charge in [-0.25, -0.2) is 0 Å². The first-order chi connectivity index (χ1) is 18.0. The Bertz CT molecular complexity index is 1200. The van der Waals surface area contributed by atoms with Crippen molar-refractivity contribution in [3.63, 3.8) is 0 Å². The highest BCUT2D eigenvalue weighted by molar-refractivity contribution is 6.01. The number of amides is 2. The normalized spacial score (nSPS) is 14.4. The number of benzene rings is 3. The Labute approximate surface area is 218 Å². The fourth-order valence-corrected chi connectivity index (χ4v) is 4.69. The molecule has 192 valence electrons. The zero-order valence-electron chi connectivity index (χ0n) is 21.5. The Morgan fingerprint density at radius 1 is 0.811 bits per heavy atom. The summed E-state index contributed by atoms with van der Waals surface area (Å²) in [6.07, 6.45) is 1.68. The third-order valence-electron chi connectivity index (χ3n) is 6.46. The molecule has 0 atom stereocenters. The van der Waals surface area contributed by atoms with Crippen LogP contribution in [0.5, 0.6) is 11.5 Å². The van der Waals surface area contributed by atoms with E-state index in [0.29, 0.717) is 37.7 Å². The minimum Gasteiger partial charge on any atom is -0.493 e. The Kier molecular flexibility index (Phi) is 8.59. The number of piperazine rings is 1. The molecule has 0 radical (unpaired) electrons. The second-order valence-electron chi connectivity index (χ2n) is 8.91. The van der Waals surface area contributed by atoms with Gasteiger partial charge in [-0.3, -0.25) is 14.5 Å². The summed E-state index contributed by atoms with van der Waals surface area (Å²) in [5.74, 6) is 0.634. The summed E-state index contributed by atoms with van der Waals surface area (Å²) in [6.45, 7) is 3.93. The van der Waals surface area contributed by atoms with Gasteiger partial charge in [-0.1, -0.05) is 66.7 Å². The van der Waals surface area contributed by atoms with Gasteiger partial charge in [0.15, 0.2) is 11.5 Å². The number of hydrogen-bond acceptors (Lipinski definition) is 5. The van der Waals surface area contributed by atoms with E-state index in [2.05, 4.69) is 58.7 Å². The lowest BCUT2D eigenvalue weighted by Crippen LogP contribution is -2.51. The zero-order chi connectivity index (χ0) is 26.2. The van der Waals surface area contributed by atoms with Gasteiger partial charge in [0.2, 0.25) is 5.91 Å². The van der Waals surface area contributed by atoms with Crippen molar-refractivity contribution in [1.82, 2.24) is 15.1 Å². The number of carbonyl (C=O) groups excluding carboxylic acids is 2. The molecule has 0 saturated carbocycles. The van der Waals surface area contributed by atoms with Crippen molar-refractivity contribution in [2.24, 2.45) is 0 Å². The Balaban J connectivity index is 1.53. The van der Waals surface area contributed by atoms with Gasteiger partial charge in [0.1, 0.15) is 5.70 Å². The third-order valence-corrected chi connectivity index (χ3v) is 6.46. The van der Waals surface area contributed by atoms with Gasteiger partial charge in [0.05, 0.1) is 20.3 Å². The molecule has 1 aliphatic rings. The molecule has 0 aliphatic carbocycles. The maximum Gasteiger partial charge on any atom is 0.270 e. The SMILES string of the molecule is COc1ccc(C=C(NC(C)=O)C(=O)N2CCN(C(c3ccccc3)c3ccccc3)CC2)cc1OC. The molecule has 0 spiro atoms. The molecule has 1 fully saturated rings. The fraction of sp³-hybridized carbons (Fsp3) is 0.267. The van der Waals surface area contributed by atoms with Crippen molar-refractivity contribution >= 4 is 17.9 Å². The number of nitrogens with one attached hydrogen (secondary N) is 1. The van der Waals surface area contributed by atoms with Gasteiger partial charge in [0.25, 0.3) is 5.91 Å². The molecular formula is C30H33N3O4. The molecule has 1 heterocycles. The number of nitrogens with zero attached hydrogens (tertiary/aromatic N) is 2. The minimum absolute atomic E-state index is 0.108. The highest BCUT2D eigenvalue weighted by Gasteiger charge is 2.29. The standard InChI is InChI=1S/C30H33N3O4/c1-22(34)31-26(20-23-14-15-27(36-2)28(21-23)37-3)30(35)33-18-16-32(17-19-33)29(24-10-6-4-7-11-24)25-12-8-5-9-13-25/h4-15,20-21,29H,16-19H2,1-3H3,(H,31,34). The number of carbonyl (C=O) groups is 2. The van der Waals surface area contributed by atoms with Crippen molar-refractivity contribution in [3.8, 4) is 11.5 Å². The first kappa shape index (κ1) is 26.0. The molecule has 2 amide bonds. The molecule has 3 aromatic rings. The van der Waals surface area contributed by atoms with Gasteiger partial charge in [-0.15, -0.1) is 0 Å². The average molecular weight is 500 g/mol. The number of hydrogen-bond donors (Lipinski definition) is 1. The lowest BCUT2D eigenvalue weighted by atomic mass is 9.96. The molecule has 4 rings (SSSR count). The van der Waals surface area contributed by atoms with Crippen molar-refractivity contribution in [2.45, 2.75) is 13.0 Å². The van der Waals surface area contributed by atoms with Crippen LogP contribution in [-0.2, 0) is 9.59 Å². The van der Waals surface area contributed by atoms with E-state index in [1.54, 1.807) is 37.3 Å². The molecule has 0 unspecified atom stereocenters. The van der Waals surface area contributed by atoms with Gasteiger partial charge in [0, 0.05) is 33.1 Å². The summed E-state index contributed by atoms with van der Waals surface area (Å²) in [7, 11) is 3.13. The molecule has 37 heavy (non-hydrogen) atoms. The van der Waals surface area contributed by atoms with Crippen LogP contribution in [0.3, 0.4) is 0 Å².